The molecule has 2 heterocycles. The highest BCUT2D eigenvalue weighted by atomic mass is 16.5. The molecule has 0 spiro atoms. The first-order valence-corrected chi connectivity index (χ1v) is 7.53. The third-order valence-corrected chi connectivity index (χ3v) is 3.97. The molecule has 0 bridgehead atoms. The molecule has 0 unspecified atom stereocenters. The highest BCUT2D eigenvalue weighted by Crippen LogP contribution is 2.22. The average molecular weight is 291 g/mol. The number of aromatic nitrogens is 1. The van der Waals surface area contributed by atoms with Crippen molar-refractivity contribution in [2.45, 2.75) is 45.1 Å². The molecule has 116 valence electrons. The monoisotopic (exact) mass is 291 g/mol. The zero-order valence-electron chi connectivity index (χ0n) is 13.3. The Labute approximate surface area is 126 Å². The van der Waals surface area contributed by atoms with Crippen LogP contribution in [-0.4, -0.2) is 36.7 Å². The lowest BCUT2D eigenvalue weighted by atomic mass is 9.92. The SMILES string of the molecule is CNc1cc(C(=O)NC2(C)CCOCC2)cc(C(C)C)n1. The Morgan fingerprint density at radius 2 is 2.00 bits per heavy atom. The lowest BCUT2D eigenvalue weighted by molar-refractivity contribution is 0.0423. The van der Waals surface area contributed by atoms with Gasteiger partial charge in [-0.05, 0) is 37.8 Å². The van der Waals surface area contributed by atoms with Crippen LogP contribution in [0.2, 0.25) is 0 Å². The summed E-state index contributed by atoms with van der Waals surface area (Å²) in [5.74, 6) is 0.965. The normalized spacial score (nSPS) is 17.6. The number of rotatable bonds is 4. The molecule has 0 radical (unpaired) electrons. The first-order valence-electron chi connectivity index (χ1n) is 7.53. The van der Waals surface area contributed by atoms with Crippen LogP contribution in [-0.2, 0) is 4.74 Å². The van der Waals surface area contributed by atoms with Gasteiger partial charge in [-0.2, -0.15) is 0 Å². The van der Waals surface area contributed by atoms with Gasteiger partial charge in [0.15, 0.2) is 0 Å². The second kappa shape index (κ2) is 6.43. The smallest absolute Gasteiger partial charge is 0.251 e. The van der Waals surface area contributed by atoms with Crippen LogP contribution in [0, 0.1) is 0 Å². The third kappa shape index (κ3) is 3.94. The molecule has 0 aromatic carbocycles. The van der Waals surface area contributed by atoms with Crippen molar-refractivity contribution in [1.29, 1.82) is 0 Å². The number of anilines is 1. The maximum atomic E-state index is 12.6. The van der Waals surface area contributed by atoms with Crippen molar-refractivity contribution in [3.8, 4) is 0 Å². The Hall–Kier alpha value is -1.62. The van der Waals surface area contributed by atoms with E-state index in [1.807, 2.05) is 13.1 Å². The van der Waals surface area contributed by atoms with E-state index in [4.69, 9.17) is 4.74 Å². The molecular weight excluding hydrogens is 266 g/mol. The third-order valence-electron chi connectivity index (χ3n) is 3.97. The second-order valence-corrected chi connectivity index (χ2v) is 6.20. The number of amides is 1. The molecule has 5 heteroatoms. The molecule has 0 atom stereocenters. The van der Waals surface area contributed by atoms with Crippen LogP contribution in [0.4, 0.5) is 5.82 Å². The van der Waals surface area contributed by atoms with Crippen LogP contribution in [0.25, 0.3) is 0 Å². The van der Waals surface area contributed by atoms with E-state index >= 15 is 0 Å². The van der Waals surface area contributed by atoms with E-state index in [1.165, 1.54) is 0 Å². The number of pyridine rings is 1. The van der Waals surface area contributed by atoms with Crippen molar-refractivity contribution in [3.05, 3.63) is 23.4 Å². The summed E-state index contributed by atoms with van der Waals surface area (Å²) >= 11 is 0. The lowest BCUT2D eigenvalue weighted by Gasteiger charge is -2.34. The first kappa shape index (κ1) is 15.8. The van der Waals surface area contributed by atoms with E-state index in [9.17, 15) is 4.79 Å². The lowest BCUT2D eigenvalue weighted by Crippen LogP contribution is -2.49. The Morgan fingerprint density at radius 3 is 2.57 bits per heavy atom. The van der Waals surface area contributed by atoms with E-state index < -0.39 is 0 Å². The number of carbonyl (C=O) groups excluding carboxylic acids is 1. The zero-order chi connectivity index (χ0) is 15.5. The summed E-state index contributed by atoms with van der Waals surface area (Å²) in [5, 5.41) is 6.17. The van der Waals surface area contributed by atoms with Gasteiger partial charge >= 0.3 is 0 Å². The molecule has 1 fully saturated rings. The molecule has 0 aliphatic carbocycles. The summed E-state index contributed by atoms with van der Waals surface area (Å²) in [6.07, 6.45) is 1.69. The van der Waals surface area contributed by atoms with Crippen LogP contribution < -0.4 is 10.6 Å². The number of nitrogens with one attached hydrogen (secondary N) is 2. The second-order valence-electron chi connectivity index (χ2n) is 6.20. The van der Waals surface area contributed by atoms with Crippen molar-refractivity contribution >= 4 is 11.7 Å². The van der Waals surface area contributed by atoms with Gasteiger partial charge in [-0.25, -0.2) is 4.98 Å². The summed E-state index contributed by atoms with van der Waals surface area (Å²) in [7, 11) is 1.81. The fraction of sp³-hybridized carbons (Fsp3) is 0.625. The fourth-order valence-electron chi connectivity index (χ4n) is 2.40. The van der Waals surface area contributed by atoms with Crippen LogP contribution in [0.5, 0.6) is 0 Å². The predicted molar refractivity (Wildman–Crippen MR) is 83.8 cm³/mol. The van der Waals surface area contributed by atoms with Gasteiger partial charge in [0.05, 0.1) is 0 Å². The van der Waals surface area contributed by atoms with Gasteiger partial charge in [0.25, 0.3) is 5.91 Å². The molecule has 0 saturated carbocycles. The molecule has 1 amide bonds. The number of nitrogens with zero attached hydrogens (tertiary/aromatic N) is 1. The molecule has 21 heavy (non-hydrogen) atoms. The van der Waals surface area contributed by atoms with E-state index in [1.54, 1.807) is 6.07 Å². The molecular formula is C16H25N3O2. The van der Waals surface area contributed by atoms with Crippen molar-refractivity contribution in [1.82, 2.24) is 10.3 Å². The predicted octanol–water partition coefficient (Wildman–Crippen LogP) is 2.55. The highest BCUT2D eigenvalue weighted by molar-refractivity contribution is 5.95. The Balaban J connectivity index is 2.20. The molecule has 2 rings (SSSR count). The summed E-state index contributed by atoms with van der Waals surface area (Å²) in [4.78, 5) is 17.0. The van der Waals surface area contributed by atoms with Crippen molar-refractivity contribution in [2.75, 3.05) is 25.6 Å². The summed E-state index contributed by atoms with van der Waals surface area (Å²) < 4.78 is 5.37. The van der Waals surface area contributed by atoms with Gasteiger partial charge in [0.2, 0.25) is 0 Å². The fourth-order valence-corrected chi connectivity index (χ4v) is 2.40. The van der Waals surface area contributed by atoms with E-state index in [-0.39, 0.29) is 17.4 Å². The Morgan fingerprint density at radius 1 is 1.33 bits per heavy atom. The first-order chi connectivity index (χ1) is 9.93. The van der Waals surface area contributed by atoms with Crippen molar-refractivity contribution < 1.29 is 9.53 Å². The number of ether oxygens (including phenoxy) is 1. The van der Waals surface area contributed by atoms with Crippen LogP contribution >= 0.6 is 0 Å². The Kier molecular flexibility index (Phi) is 4.83. The number of hydrogen-bond acceptors (Lipinski definition) is 4. The summed E-state index contributed by atoms with van der Waals surface area (Å²) in [5.41, 5.74) is 1.39. The molecule has 1 aliphatic heterocycles. The standard InChI is InChI=1S/C16H25N3O2/c1-11(2)13-9-12(10-14(17-4)18-13)15(20)19-16(3)5-7-21-8-6-16/h9-11H,5-8H2,1-4H3,(H,17,18)(H,19,20). The summed E-state index contributed by atoms with van der Waals surface area (Å²) in [6.45, 7) is 7.63. The maximum Gasteiger partial charge on any atom is 0.251 e. The van der Waals surface area contributed by atoms with Crippen LogP contribution in [0.3, 0.4) is 0 Å². The number of hydrogen-bond donors (Lipinski definition) is 2. The van der Waals surface area contributed by atoms with Gasteiger partial charge in [-0.15, -0.1) is 0 Å². The van der Waals surface area contributed by atoms with Gasteiger partial charge in [-0.1, -0.05) is 13.8 Å². The Bertz CT molecular complexity index is 508. The minimum Gasteiger partial charge on any atom is -0.381 e. The van der Waals surface area contributed by atoms with Gasteiger partial charge in [0.1, 0.15) is 5.82 Å². The molecule has 5 nitrogen and oxygen atoms in total. The molecule has 2 N–H and O–H groups in total. The topological polar surface area (TPSA) is 63.2 Å². The molecule has 1 aromatic heterocycles. The minimum atomic E-state index is -0.184. The van der Waals surface area contributed by atoms with Gasteiger partial charge in [-0.3, -0.25) is 4.79 Å². The highest BCUT2D eigenvalue weighted by Gasteiger charge is 2.29. The minimum absolute atomic E-state index is 0.0415. The molecule has 1 saturated heterocycles. The van der Waals surface area contributed by atoms with Gasteiger partial charge < -0.3 is 15.4 Å². The summed E-state index contributed by atoms with van der Waals surface area (Å²) in [6, 6.07) is 3.67. The number of carbonyl (C=O) groups is 1. The molecule has 1 aliphatic rings. The van der Waals surface area contributed by atoms with E-state index in [2.05, 4.69) is 36.4 Å². The maximum absolute atomic E-state index is 12.6. The van der Waals surface area contributed by atoms with E-state index in [0.717, 1.165) is 24.4 Å². The largest absolute Gasteiger partial charge is 0.381 e. The average Bonchev–Trinajstić information content (AvgIpc) is 2.46. The van der Waals surface area contributed by atoms with Crippen molar-refractivity contribution in [3.63, 3.8) is 0 Å². The van der Waals surface area contributed by atoms with Crippen LogP contribution in [0.15, 0.2) is 12.1 Å². The van der Waals surface area contributed by atoms with Crippen molar-refractivity contribution in [2.24, 2.45) is 0 Å². The molecule has 1 aromatic rings. The zero-order valence-corrected chi connectivity index (χ0v) is 13.3. The van der Waals surface area contributed by atoms with Crippen LogP contribution in [0.1, 0.15) is 55.6 Å². The quantitative estimate of drug-likeness (QED) is 0.895. The van der Waals surface area contributed by atoms with E-state index in [0.29, 0.717) is 18.8 Å². The van der Waals surface area contributed by atoms with Gasteiger partial charge in [0, 0.05) is 37.1 Å².